The summed E-state index contributed by atoms with van der Waals surface area (Å²) in [7, 11) is 2.17. The van der Waals surface area contributed by atoms with E-state index in [-0.39, 0.29) is 0 Å². The predicted octanol–water partition coefficient (Wildman–Crippen LogP) is 0.537. The third kappa shape index (κ3) is 2.47. The number of hydrogen-bond acceptors (Lipinski definition) is 3. The fraction of sp³-hybridized carbons (Fsp3) is 1.00. The van der Waals surface area contributed by atoms with Crippen LogP contribution in [0.5, 0.6) is 0 Å². The van der Waals surface area contributed by atoms with Crippen molar-refractivity contribution in [2.75, 3.05) is 33.3 Å². The standard InChI is InChI=1S/C11H22N2O/c1-12(6-2-8-14)9-11-5-7-13(11)10-3-4-10/h10-11,14H,2-9H2,1H3. The maximum Gasteiger partial charge on any atom is 0.0443 e. The molecule has 0 aromatic heterocycles. The molecule has 0 amide bonds. The van der Waals surface area contributed by atoms with Crippen LogP contribution in [0, 0.1) is 0 Å². The van der Waals surface area contributed by atoms with Crippen LogP contribution >= 0.6 is 0 Å². The van der Waals surface area contributed by atoms with Gasteiger partial charge in [-0.15, -0.1) is 0 Å². The summed E-state index contributed by atoms with van der Waals surface area (Å²) in [4.78, 5) is 5.02. The average Bonchev–Trinajstić information content (AvgIpc) is 2.93. The fourth-order valence-corrected chi connectivity index (χ4v) is 2.34. The van der Waals surface area contributed by atoms with Crippen LogP contribution in [-0.2, 0) is 0 Å². The zero-order valence-corrected chi connectivity index (χ0v) is 9.15. The molecule has 2 aliphatic rings. The molecular formula is C11H22N2O. The summed E-state index contributed by atoms with van der Waals surface area (Å²) in [6, 6.07) is 1.74. The maximum atomic E-state index is 8.73. The SMILES string of the molecule is CN(CCCO)CC1CCN1C1CC1. The highest BCUT2D eigenvalue weighted by Gasteiger charge is 2.39. The van der Waals surface area contributed by atoms with Gasteiger partial charge in [0.2, 0.25) is 0 Å². The van der Waals surface area contributed by atoms with Crippen LogP contribution in [0.25, 0.3) is 0 Å². The molecule has 1 atom stereocenters. The van der Waals surface area contributed by atoms with Gasteiger partial charge >= 0.3 is 0 Å². The van der Waals surface area contributed by atoms with E-state index in [1.807, 2.05) is 0 Å². The summed E-state index contributed by atoms with van der Waals surface area (Å²) in [5.74, 6) is 0. The minimum atomic E-state index is 0.321. The highest BCUT2D eigenvalue weighted by molar-refractivity contribution is 4.95. The number of nitrogens with zero attached hydrogens (tertiary/aromatic N) is 2. The van der Waals surface area contributed by atoms with Crippen LogP contribution in [0.15, 0.2) is 0 Å². The highest BCUT2D eigenvalue weighted by atomic mass is 16.3. The van der Waals surface area contributed by atoms with Gasteiger partial charge in [-0.3, -0.25) is 4.90 Å². The summed E-state index contributed by atoms with van der Waals surface area (Å²) < 4.78 is 0. The molecule has 14 heavy (non-hydrogen) atoms. The Morgan fingerprint density at radius 2 is 2.14 bits per heavy atom. The molecule has 1 saturated heterocycles. The van der Waals surface area contributed by atoms with E-state index in [9.17, 15) is 0 Å². The second kappa shape index (κ2) is 4.60. The topological polar surface area (TPSA) is 26.7 Å². The van der Waals surface area contributed by atoms with Crippen LogP contribution in [0.1, 0.15) is 25.7 Å². The van der Waals surface area contributed by atoms with Gasteiger partial charge in [0, 0.05) is 38.3 Å². The molecule has 3 heteroatoms. The first-order valence-corrected chi connectivity index (χ1v) is 5.86. The van der Waals surface area contributed by atoms with Crippen molar-refractivity contribution in [3.8, 4) is 0 Å². The van der Waals surface area contributed by atoms with Crippen LogP contribution in [0.3, 0.4) is 0 Å². The zero-order valence-electron chi connectivity index (χ0n) is 9.15. The van der Waals surface area contributed by atoms with E-state index >= 15 is 0 Å². The first-order valence-electron chi connectivity index (χ1n) is 5.86. The maximum absolute atomic E-state index is 8.73. The molecule has 1 unspecified atom stereocenters. The summed E-state index contributed by atoms with van der Waals surface area (Å²) in [5, 5.41) is 8.73. The molecule has 3 nitrogen and oxygen atoms in total. The van der Waals surface area contributed by atoms with E-state index in [0.717, 1.165) is 25.0 Å². The molecule has 0 aromatic carbocycles. The van der Waals surface area contributed by atoms with E-state index < -0.39 is 0 Å². The van der Waals surface area contributed by atoms with Crippen LogP contribution in [0.2, 0.25) is 0 Å². The van der Waals surface area contributed by atoms with Gasteiger partial charge in [-0.05, 0) is 32.7 Å². The van der Waals surface area contributed by atoms with Crippen molar-refractivity contribution in [3.63, 3.8) is 0 Å². The third-order valence-corrected chi connectivity index (χ3v) is 3.43. The van der Waals surface area contributed by atoms with Crippen molar-refractivity contribution in [1.29, 1.82) is 0 Å². The second-order valence-electron chi connectivity index (χ2n) is 4.75. The number of aliphatic hydroxyl groups excluding tert-OH is 1. The van der Waals surface area contributed by atoms with Gasteiger partial charge in [0.25, 0.3) is 0 Å². The molecule has 0 aromatic rings. The Kier molecular flexibility index (Phi) is 3.42. The fourth-order valence-electron chi connectivity index (χ4n) is 2.34. The first kappa shape index (κ1) is 10.4. The van der Waals surface area contributed by atoms with Gasteiger partial charge in [-0.25, -0.2) is 0 Å². The van der Waals surface area contributed by atoms with E-state index in [2.05, 4.69) is 16.8 Å². The third-order valence-electron chi connectivity index (χ3n) is 3.43. The lowest BCUT2D eigenvalue weighted by Gasteiger charge is -2.43. The molecule has 2 fully saturated rings. The van der Waals surface area contributed by atoms with Crippen LogP contribution in [-0.4, -0.2) is 60.3 Å². The Hall–Kier alpha value is -0.120. The molecule has 0 spiro atoms. The van der Waals surface area contributed by atoms with E-state index in [0.29, 0.717) is 6.61 Å². The van der Waals surface area contributed by atoms with Gasteiger partial charge in [0.15, 0.2) is 0 Å². The minimum Gasteiger partial charge on any atom is -0.396 e. The van der Waals surface area contributed by atoms with E-state index in [1.54, 1.807) is 0 Å². The molecule has 0 bridgehead atoms. The number of likely N-dealkylation sites (tertiary alicyclic amines) is 1. The molecule has 1 heterocycles. The van der Waals surface area contributed by atoms with E-state index in [4.69, 9.17) is 5.11 Å². The lowest BCUT2D eigenvalue weighted by atomic mass is 10.0. The quantitative estimate of drug-likeness (QED) is 0.675. The number of hydrogen-bond donors (Lipinski definition) is 1. The molecule has 2 rings (SSSR count). The molecule has 82 valence electrons. The van der Waals surface area contributed by atoms with Gasteiger partial charge in [0.1, 0.15) is 0 Å². The molecule has 0 radical (unpaired) electrons. The summed E-state index contributed by atoms with van der Waals surface area (Å²) in [6.07, 6.45) is 5.14. The molecule has 1 aliphatic carbocycles. The van der Waals surface area contributed by atoms with Crippen molar-refractivity contribution in [1.82, 2.24) is 9.80 Å². The highest BCUT2D eigenvalue weighted by Crippen LogP contribution is 2.34. The van der Waals surface area contributed by atoms with Gasteiger partial charge in [-0.1, -0.05) is 0 Å². The number of likely N-dealkylation sites (N-methyl/N-ethyl adjacent to an activating group) is 1. The van der Waals surface area contributed by atoms with Crippen molar-refractivity contribution >= 4 is 0 Å². The first-order chi connectivity index (χ1) is 6.81. The largest absolute Gasteiger partial charge is 0.396 e. The van der Waals surface area contributed by atoms with Crippen molar-refractivity contribution in [2.45, 2.75) is 37.8 Å². The predicted molar refractivity (Wildman–Crippen MR) is 57.3 cm³/mol. The Balaban J connectivity index is 1.63. The number of aliphatic hydroxyl groups is 1. The molecular weight excluding hydrogens is 176 g/mol. The Bertz CT molecular complexity index is 182. The van der Waals surface area contributed by atoms with Crippen molar-refractivity contribution < 1.29 is 5.11 Å². The molecule has 1 N–H and O–H groups in total. The molecule has 1 saturated carbocycles. The van der Waals surface area contributed by atoms with Gasteiger partial charge in [-0.2, -0.15) is 0 Å². The van der Waals surface area contributed by atoms with Crippen LogP contribution in [0.4, 0.5) is 0 Å². The second-order valence-corrected chi connectivity index (χ2v) is 4.75. The Morgan fingerprint density at radius 1 is 1.36 bits per heavy atom. The van der Waals surface area contributed by atoms with Crippen molar-refractivity contribution in [3.05, 3.63) is 0 Å². The van der Waals surface area contributed by atoms with E-state index in [1.165, 1.54) is 32.4 Å². The zero-order chi connectivity index (χ0) is 9.97. The Morgan fingerprint density at radius 3 is 2.64 bits per heavy atom. The lowest BCUT2D eigenvalue weighted by molar-refractivity contribution is 0.0540. The van der Waals surface area contributed by atoms with Gasteiger partial charge in [0.05, 0.1) is 0 Å². The van der Waals surface area contributed by atoms with Crippen molar-refractivity contribution in [2.24, 2.45) is 0 Å². The minimum absolute atomic E-state index is 0.321. The normalized spacial score (nSPS) is 28.1. The monoisotopic (exact) mass is 198 g/mol. The summed E-state index contributed by atoms with van der Waals surface area (Å²) >= 11 is 0. The number of rotatable bonds is 6. The lowest BCUT2D eigenvalue weighted by Crippen LogP contribution is -2.53. The summed E-state index contributed by atoms with van der Waals surface area (Å²) in [5.41, 5.74) is 0. The summed E-state index contributed by atoms with van der Waals surface area (Å²) in [6.45, 7) is 3.87. The average molecular weight is 198 g/mol. The Labute approximate surface area is 86.7 Å². The molecule has 1 aliphatic heterocycles. The van der Waals surface area contributed by atoms with Gasteiger partial charge < -0.3 is 10.0 Å². The van der Waals surface area contributed by atoms with Crippen LogP contribution < -0.4 is 0 Å². The smallest absolute Gasteiger partial charge is 0.0443 e.